The predicted octanol–water partition coefficient (Wildman–Crippen LogP) is 3.14. The van der Waals surface area contributed by atoms with Crippen LogP contribution in [0, 0.1) is 11.8 Å². The van der Waals surface area contributed by atoms with Crippen molar-refractivity contribution >= 4 is 39.1 Å². The largest absolute Gasteiger partial charge is 0.481 e. The molecule has 0 aromatic carbocycles. The zero-order valence-electron chi connectivity index (χ0n) is 11.1. The lowest BCUT2D eigenvalue weighted by atomic mass is 9.82. The van der Waals surface area contributed by atoms with Crippen LogP contribution in [0.1, 0.15) is 18.4 Å². The Morgan fingerprint density at radius 1 is 1.40 bits per heavy atom. The Morgan fingerprint density at radius 2 is 2.05 bits per heavy atom. The smallest absolute Gasteiger partial charge is 0.307 e. The van der Waals surface area contributed by atoms with Crippen molar-refractivity contribution in [3.63, 3.8) is 0 Å². The first-order chi connectivity index (χ1) is 9.49. The minimum Gasteiger partial charge on any atom is -0.481 e. The van der Waals surface area contributed by atoms with E-state index in [0.29, 0.717) is 19.4 Å². The van der Waals surface area contributed by atoms with Gasteiger partial charge in [-0.2, -0.15) is 0 Å². The van der Waals surface area contributed by atoms with E-state index in [1.54, 1.807) is 23.3 Å². The summed E-state index contributed by atoms with van der Waals surface area (Å²) in [5.74, 6) is -2.04. The molecule has 4 nitrogen and oxygen atoms in total. The quantitative estimate of drug-likeness (QED) is 0.842. The van der Waals surface area contributed by atoms with Crippen molar-refractivity contribution in [1.82, 2.24) is 4.90 Å². The van der Waals surface area contributed by atoms with Crippen LogP contribution in [0.3, 0.4) is 0 Å². The monoisotopic (exact) mass is 357 g/mol. The van der Waals surface area contributed by atoms with Crippen LogP contribution in [-0.2, 0) is 16.1 Å². The summed E-state index contributed by atoms with van der Waals surface area (Å²) in [6.45, 7) is 0.507. The van der Waals surface area contributed by atoms with E-state index in [4.69, 9.17) is 0 Å². The molecule has 1 N–H and O–H groups in total. The Balaban J connectivity index is 2.05. The molecule has 20 heavy (non-hydrogen) atoms. The van der Waals surface area contributed by atoms with E-state index in [-0.39, 0.29) is 5.91 Å². The maximum atomic E-state index is 12.4. The number of carboxylic acids is 1. The summed E-state index contributed by atoms with van der Waals surface area (Å²) in [4.78, 5) is 25.3. The van der Waals surface area contributed by atoms with Crippen molar-refractivity contribution in [3.05, 3.63) is 32.9 Å². The highest BCUT2D eigenvalue weighted by molar-refractivity contribution is 9.11. The number of carbonyl (C=O) groups excluding carboxylic acids is 1. The number of carboxylic acid groups (broad SMARTS) is 1. The Kier molecular flexibility index (Phi) is 4.99. The molecule has 108 valence electrons. The van der Waals surface area contributed by atoms with Gasteiger partial charge in [-0.25, -0.2) is 0 Å². The van der Waals surface area contributed by atoms with Crippen LogP contribution in [-0.4, -0.2) is 28.9 Å². The molecule has 1 heterocycles. The van der Waals surface area contributed by atoms with Gasteiger partial charge in [0.1, 0.15) is 0 Å². The fraction of sp³-hybridized carbons (Fsp3) is 0.429. The van der Waals surface area contributed by atoms with Crippen LogP contribution in [0.2, 0.25) is 0 Å². The second-order valence-electron chi connectivity index (χ2n) is 4.95. The van der Waals surface area contributed by atoms with E-state index < -0.39 is 17.8 Å². The molecule has 1 aromatic heterocycles. The van der Waals surface area contributed by atoms with Crippen molar-refractivity contribution in [2.75, 3.05) is 7.05 Å². The van der Waals surface area contributed by atoms with Crippen LogP contribution < -0.4 is 0 Å². The van der Waals surface area contributed by atoms with Crippen molar-refractivity contribution in [1.29, 1.82) is 0 Å². The Labute approximate surface area is 130 Å². The van der Waals surface area contributed by atoms with Gasteiger partial charge in [0.05, 0.1) is 15.6 Å². The first kappa shape index (κ1) is 15.3. The van der Waals surface area contributed by atoms with Crippen molar-refractivity contribution in [2.24, 2.45) is 11.8 Å². The van der Waals surface area contributed by atoms with Crippen LogP contribution in [0.4, 0.5) is 0 Å². The van der Waals surface area contributed by atoms with E-state index in [1.165, 1.54) is 0 Å². The highest BCUT2D eigenvalue weighted by Gasteiger charge is 2.35. The third kappa shape index (κ3) is 3.49. The number of thiophene rings is 1. The molecule has 0 bridgehead atoms. The minimum absolute atomic E-state index is 0.0935. The number of rotatable bonds is 4. The van der Waals surface area contributed by atoms with Gasteiger partial charge in [-0.15, -0.1) is 11.3 Å². The average molecular weight is 358 g/mol. The predicted molar refractivity (Wildman–Crippen MR) is 81.5 cm³/mol. The fourth-order valence-corrected chi connectivity index (χ4v) is 3.62. The van der Waals surface area contributed by atoms with Crippen molar-refractivity contribution < 1.29 is 14.7 Å². The molecule has 0 saturated carbocycles. The second-order valence-corrected chi connectivity index (χ2v) is 7.24. The van der Waals surface area contributed by atoms with Gasteiger partial charge in [-0.05, 0) is 45.8 Å². The molecule has 0 fully saturated rings. The molecular weight excluding hydrogens is 342 g/mol. The Morgan fingerprint density at radius 3 is 2.60 bits per heavy atom. The standard InChI is InChI=1S/C14H16BrNO3S/c1-16(7-9-6-12(15)20-8-9)13(17)10-4-2-3-5-11(10)14(18)19/h2-3,6,8,10-11H,4-5,7H2,1H3,(H,18,19)/t10-,11+/m1/s1. The molecule has 1 amide bonds. The maximum absolute atomic E-state index is 12.4. The molecule has 2 atom stereocenters. The lowest BCUT2D eigenvalue weighted by molar-refractivity contribution is -0.150. The van der Waals surface area contributed by atoms with Gasteiger partial charge in [0.2, 0.25) is 5.91 Å². The maximum Gasteiger partial charge on any atom is 0.307 e. The van der Waals surface area contributed by atoms with Crippen LogP contribution in [0.25, 0.3) is 0 Å². The molecular formula is C14H16BrNO3S. The zero-order chi connectivity index (χ0) is 14.7. The lowest BCUT2D eigenvalue weighted by Crippen LogP contribution is -2.39. The van der Waals surface area contributed by atoms with Crippen molar-refractivity contribution in [3.8, 4) is 0 Å². The van der Waals surface area contributed by atoms with Gasteiger partial charge in [-0.1, -0.05) is 12.2 Å². The van der Waals surface area contributed by atoms with E-state index in [0.717, 1.165) is 9.35 Å². The summed E-state index contributed by atoms with van der Waals surface area (Å²) in [5, 5.41) is 11.2. The molecule has 0 spiro atoms. The summed E-state index contributed by atoms with van der Waals surface area (Å²) in [6.07, 6.45) is 4.69. The number of carbonyl (C=O) groups is 2. The number of hydrogen-bond acceptors (Lipinski definition) is 3. The van der Waals surface area contributed by atoms with Gasteiger partial charge in [0, 0.05) is 13.6 Å². The zero-order valence-corrected chi connectivity index (χ0v) is 13.5. The average Bonchev–Trinajstić information content (AvgIpc) is 2.83. The van der Waals surface area contributed by atoms with Crippen LogP contribution >= 0.6 is 27.3 Å². The SMILES string of the molecule is CN(Cc1csc(Br)c1)C(=O)[C@@H]1CC=CC[C@@H]1C(=O)O. The fourth-order valence-electron chi connectivity index (χ4n) is 2.42. The van der Waals surface area contributed by atoms with E-state index in [9.17, 15) is 14.7 Å². The number of amides is 1. The summed E-state index contributed by atoms with van der Waals surface area (Å²) < 4.78 is 1.03. The number of halogens is 1. The lowest BCUT2D eigenvalue weighted by Gasteiger charge is -2.28. The summed E-state index contributed by atoms with van der Waals surface area (Å²) in [7, 11) is 1.73. The molecule has 1 aromatic rings. The number of allylic oxidation sites excluding steroid dienone is 2. The van der Waals surface area contributed by atoms with Gasteiger partial charge in [-0.3, -0.25) is 9.59 Å². The third-order valence-electron chi connectivity index (χ3n) is 3.48. The summed E-state index contributed by atoms with van der Waals surface area (Å²) >= 11 is 4.97. The Hall–Kier alpha value is -1.14. The molecule has 1 aliphatic carbocycles. The minimum atomic E-state index is -0.889. The van der Waals surface area contributed by atoms with Gasteiger partial charge in [0.25, 0.3) is 0 Å². The van der Waals surface area contributed by atoms with Gasteiger partial charge in [0.15, 0.2) is 0 Å². The van der Waals surface area contributed by atoms with E-state index in [2.05, 4.69) is 15.9 Å². The third-order valence-corrected chi connectivity index (χ3v) is 5.04. The Bertz CT molecular complexity index is 540. The molecule has 0 unspecified atom stereocenters. The summed E-state index contributed by atoms with van der Waals surface area (Å²) in [5.41, 5.74) is 1.05. The number of aliphatic carboxylic acids is 1. The molecule has 2 rings (SSSR count). The van der Waals surface area contributed by atoms with Gasteiger partial charge >= 0.3 is 5.97 Å². The first-order valence-corrected chi connectivity index (χ1v) is 8.02. The van der Waals surface area contributed by atoms with E-state index in [1.807, 2.05) is 23.6 Å². The summed E-state index contributed by atoms with van der Waals surface area (Å²) in [6, 6.07) is 1.98. The highest BCUT2D eigenvalue weighted by Crippen LogP contribution is 2.28. The molecule has 6 heteroatoms. The molecule has 0 aliphatic heterocycles. The number of nitrogens with zero attached hydrogens (tertiary/aromatic N) is 1. The molecule has 0 radical (unpaired) electrons. The topological polar surface area (TPSA) is 57.6 Å². The highest BCUT2D eigenvalue weighted by atomic mass is 79.9. The molecule has 1 aliphatic rings. The van der Waals surface area contributed by atoms with Crippen LogP contribution in [0.5, 0.6) is 0 Å². The van der Waals surface area contributed by atoms with Crippen LogP contribution in [0.15, 0.2) is 27.4 Å². The second kappa shape index (κ2) is 6.54. The van der Waals surface area contributed by atoms with Crippen molar-refractivity contribution in [2.45, 2.75) is 19.4 Å². The number of hydrogen-bond donors (Lipinski definition) is 1. The van der Waals surface area contributed by atoms with Gasteiger partial charge < -0.3 is 10.0 Å². The molecule has 0 saturated heterocycles. The first-order valence-electron chi connectivity index (χ1n) is 6.34. The van der Waals surface area contributed by atoms with E-state index >= 15 is 0 Å². The normalized spacial score (nSPS) is 21.7.